The number of nitrogens with zero attached hydrogens (tertiary/aromatic N) is 4. The highest BCUT2D eigenvalue weighted by atomic mass is 32.2. The molecule has 2 heterocycles. The second-order valence-electron chi connectivity index (χ2n) is 6.08. The Balaban J connectivity index is 1.52. The van der Waals surface area contributed by atoms with Crippen molar-refractivity contribution in [2.45, 2.75) is 24.5 Å². The third kappa shape index (κ3) is 5.86. The molecule has 3 aromatic rings. The van der Waals surface area contributed by atoms with Gasteiger partial charge < -0.3 is 15.4 Å². The van der Waals surface area contributed by atoms with Crippen LogP contribution in [-0.2, 0) is 11.8 Å². The van der Waals surface area contributed by atoms with Crippen LogP contribution in [0.15, 0.2) is 28.6 Å². The molecule has 160 valence electrons. The molecule has 1 aromatic carbocycles. The van der Waals surface area contributed by atoms with Gasteiger partial charge in [0.25, 0.3) is 0 Å². The number of halogens is 3. The summed E-state index contributed by atoms with van der Waals surface area (Å²) in [6.07, 6.45) is -4.74. The van der Waals surface area contributed by atoms with Crippen LogP contribution in [0.25, 0.3) is 0 Å². The number of carbonyl (C=O) groups is 1. The molecule has 3 rings (SSSR count). The summed E-state index contributed by atoms with van der Waals surface area (Å²) in [5.74, 6) is -0.359. The van der Waals surface area contributed by atoms with Gasteiger partial charge in [-0.15, -0.1) is 23.4 Å². The van der Waals surface area contributed by atoms with Crippen molar-refractivity contribution in [3.05, 3.63) is 35.7 Å². The molecule has 0 unspecified atom stereocenters. The van der Waals surface area contributed by atoms with Crippen LogP contribution in [0.1, 0.15) is 11.4 Å². The Morgan fingerprint density at radius 2 is 1.93 bits per heavy atom. The zero-order valence-electron chi connectivity index (χ0n) is 16.1. The van der Waals surface area contributed by atoms with E-state index in [4.69, 9.17) is 0 Å². The van der Waals surface area contributed by atoms with Crippen molar-refractivity contribution in [3.8, 4) is 5.75 Å². The number of aryl methyl sites for hydroxylation is 2. The van der Waals surface area contributed by atoms with Crippen LogP contribution in [0.5, 0.6) is 5.75 Å². The summed E-state index contributed by atoms with van der Waals surface area (Å²) >= 11 is 2.45. The number of hydrogen-bond donors (Lipinski definition) is 2. The lowest BCUT2D eigenvalue weighted by molar-refractivity contribution is -0.274. The van der Waals surface area contributed by atoms with Crippen molar-refractivity contribution in [1.82, 2.24) is 20.0 Å². The summed E-state index contributed by atoms with van der Waals surface area (Å²) in [5.41, 5.74) is 2.82. The molecular formula is C17H17F3N6O2S2. The molecule has 0 aliphatic heterocycles. The SMILES string of the molecule is Cc1nn(C)c(C)c1NC(=O)CSc1nnc(Nc2ccc(OC(F)(F)F)cc2)s1. The molecule has 2 N–H and O–H groups in total. The Labute approximate surface area is 177 Å². The van der Waals surface area contributed by atoms with Gasteiger partial charge in [0, 0.05) is 12.7 Å². The van der Waals surface area contributed by atoms with Crippen LogP contribution in [0, 0.1) is 13.8 Å². The summed E-state index contributed by atoms with van der Waals surface area (Å²) in [5, 5.41) is 18.4. The molecule has 13 heteroatoms. The van der Waals surface area contributed by atoms with E-state index in [0.717, 1.165) is 11.4 Å². The number of carbonyl (C=O) groups excluding carboxylic acids is 1. The topological polar surface area (TPSA) is 94.0 Å². The quantitative estimate of drug-likeness (QED) is 0.511. The van der Waals surface area contributed by atoms with Gasteiger partial charge in [-0.05, 0) is 38.1 Å². The first-order valence-electron chi connectivity index (χ1n) is 8.50. The Bertz CT molecular complexity index is 1030. The van der Waals surface area contributed by atoms with Crippen LogP contribution in [0.4, 0.5) is 29.7 Å². The minimum Gasteiger partial charge on any atom is -0.406 e. The lowest BCUT2D eigenvalue weighted by Crippen LogP contribution is -2.16. The fraction of sp³-hybridized carbons (Fsp3) is 0.294. The molecule has 0 radical (unpaired) electrons. The zero-order chi connectivity index (χ0) is 21.9. The minimum absolute atomic E-state index is 0.145. The van der Waals surface area contributed by atoms with E-state index >= 15 is 0 Å². The van der Waals surface area contributed by atoms with Crippen molar-refractivity contribution < 1.29 is 22.7 Å². The smallest absolute Gasteiger partial charge is 0.406 e. The van der Waals surface area contributed by atoms with Crippen molar-refractivity contribution >= 4 is 45.5 Å². The van der Waals surface area contributed by atoms with Gasteiger partial charge in [0.15, 0.2) is 4.34 Å². The number of amides is 1. The first-order chi connectivity index (χ1) is 14.1. The first-order valence-corrected chi connectivity index (χ1v) is 10.3. The fourth-order valence-corrected chi connectivity index (χ4v) is 4.01. The molecule has 0 saturated carbocycles. The van der Waals surface area contributed by atoms with Gasteiger partial charge in [0.1, 0.15) is 5.75 Å². The molecule has 0 fully saturated rings. The number of ether oxygens (including phenoxy) is 1. The molecular weight excluding hydrogens is 441 g/mol. The fourth-order valence-electron chi connectivity index (χ4n) is 2.44. The lowest BCUT2D eigenvalue weighted by Gasteiger charge is -2.09. The van der Waals surface area contributed by atoms with Gasteiger partial charge in [-0.3, -0.25) is 9.48 Å². The number of thioether (sulfide) groups is 1. The Morgan fingerprint density at radius 3 is 2.53 bits per heavy atom. The zero-order valence-corrected chi connectivity index (χ0v) is 17.7. The van der Waals surface area contributed by atoms with Gasteiger partial charge in [-0.25, -0.2) is 0 Å². The highest BCUT2D eigenvalue weighted by molar-refractivity contribution is 8.01. The predicted molar refractivity (Wildman–Crippen MR) is 108 cm³/mol. The van der Waals surface area contributed by atoms with E-state index in [-0.39, 0.29) is 17.4 Å². The van der Waals surface area contributed by atoms with E-state index in [1.54, 1.807) is 11.7 Å². The molecule has 0 aliphatic rings. The van der Waals surface area contributed by atoms with Crippen LogP contribution < -0.4 is 15.4 Å². The molecule has 0 saturated heterocycles. The summed E-state index contributed by atoms with van der Waals surface area (Å²) in [7, 11) is 1.80. The largest absolute Gasteiger partial charge is 0.573 e. The van der Waals surface area contributed by atoms with E-state index in [1.807, 2.05) is 13.8 Å². The molecule has 0 atom stereocenters. The summed E-state index contributed by atoms with van der Waals surface area (Å²) in [4.78, 5) is 12.2. The third-order valence-corrected chi connectivity index (χ3v) is 5.82. The van der Waals surface area contributed by atoms with Crippen molar-refractivity contribution in [2.75, 3.05) is 16.4 Å². The highest BCUT2D eigenvalue weighted by Crippen LogP contribution is 2.29. The average Bonchev–Trinajstić information content (AvgIpc) is 3.20. The number of rotatable bonds is 7. The van der Waals surface area contributed by atoms with E-state index in [0.29, 0.717) is 20.8 Å². The molecule has 8 nitrogen and oxygen atoms in total. The van der Waals surface area contributed by atoms with E-state index < -0.39 is 6.36 Å². The maximum absolute atomic E-state index is 12.2. The lowest BCUT2D eigenvalue weighted by atomic mass is 10.3. The van der Waals surface area contributed by atoms with E-state index in [9.17, 15) is 18.0 Å². The van der Waals surface area contributed by atoms with Gasteiger partial charge in [0.05, 0.1) is 22.8 Å². The van der Waals surface area contributed by atoms with Crippen molar-refractivity contribution in [3.63, 3.8) is 0 Å². The normalized spacial score (nSPS) is 11.4. The molecule has 2 aromatic heterocycles. The van der Waals surface area contributed by atoms with Gasteiger partial charge in [-0.2, -0.15) is 5.10 Å². The third-order valence-electron chi connectivity index (χ3n) is 3.85. The number of hydrogen-bond acceptors (Lipinski definition) is 8. The second-order valence-corrected chi connectivity index (χ2v) is 8.28. The Kier molecular flexibility index (Phi) is 6.51. The van der Waals surface area contributed by atoms with Gasteiger partial charge in [-0.1, -0.05) is 23.1 Å². The van der Waals surface area contributed by atoms with Gasteiger partial charge >= 0.3 is 6.36 Å². The number of anilines is 3. The minimum atomic E-state index is -4.74. The standard InChI is InChI=1S/C17H17F3N6O2S2/c1-9-14(10(2)26(3)25-9)22-13(27)8-29-16-24-23-15(30-16)21-11-4-6-12(7-5-11)28-17(18,19)20/h4-7H,8H2,1-3H3,(H,21,23)(H,22,27). The molecule has 0 bridgehead atoms. The number of alkyl halides is 3. The number of benzene rings is 1. The number of aromatic nitrogens is 4. The monoisotopic (exact) mass is 458 g/mol. The average molecular weight is 458 g/mol. The van der Waals surface area contributed by atoms with Crippen LogP contribution in [-0.4, -0.2) is 38.0 Å². The number of nitrogens with one attached hydrogen (secondary N) is 2. The predicted octanol–water partition coefficient (Wildman–Crippen LogP) is 4.26. The summed E-state index contributed by atoms with van der Waals surface area (Å²) < 4.78 is 42.7. The van der Waals surface area contributed by atoms with Crippen molar-refractivity contribution in [1.29, 1.82) is 0 Å². The molecule has 0 spiro atoms. The summed E-state index contributed by atoms with van der Waals surface area (Å²) in [6, 6.07) is 5.25. The molecule has 1 amide bonds. The van der Waals surface area contributed by atoms with E-state index in [2.05, 4.69) is 30.7 Å². The maximum atomic E-state index is 12.2. The Hall–Kier alpha value is -2.80. The van der Waals surface area contributed by atoms with Crippen LogP contribution in [0.3, 0.4) is 0 Å². The highest BCUT2D eigenvalue weighted by Gasteiger charge is 2.30. The van der Waals surface area contributed by atoms with Crippen molar-refractivity contribution in [2.24, 2.45) is 7.05 Å². The summed E-state index contributed by atoms with van der Waals surface area (Å²) in [6.45, 7) is 3.69. The molecule has 0 aliphatic carbocycles. The Morgan fingerprint density at radius 1 is 1.23 bits per heavy atom. The molecule has 30 heavy (non-hydrogen) atoms. The van der Waals surface area contributed by atoms with Crippen LogP contribution >= 0.6 is 23.1 Å². The maximum Gasteiger partial charge on any atom is 0.573 e. The first kappa shape index (κ1) is 21.9. The van der Waals surface area contributed by atoms with Gasteiger partial charge in [0.2, 0.25) is 11.0 Å². The second kappa shape index (κ2) is 8.92. The van der Waals surface area contributed by atoms with E-state index in [1.165, 1.54) is 47.4 Å². The van der Waals surface area contributed by atoms with Crippen LogP contribution in [0.2, 0.25) is 0 Å².